The molecule has 0 N–H and O–H groups in total. The number of allylic oxidation sites excluding steroid dienone is 2. The summed E-state index contributed by atoms with van der Waals surface area (Å²) in [5.74, 6) is 0.583. The van der Waals surface area contributed by atoms with E-state index >= 15 is 0 Å². The molecule has 2 aliphatic rings. The van der Waals surface area contributed by atoms with E-state index in [4.69, 9.17) is 0 Å². The second-order valence-electron chi connectivity index (χ2n) is 7.55. The summed E-state index contributed by atoms with van der Waals surface area (Å²) < 4.78 is 0. The number of nitrogens with zero attached hydrogens (tertiary/aromatic N) is 2. The van der Waals surface area contributed by atoms with Gasteiger partial charge in [-0.1, -0.05) is 33.3 Å². The second-order valence-corrected chi connectivity index (χ2v) is 7.55. The van der Waals surface area contributed by atoms with Crippen molar-refractivity contribution in [3.63, 3.8) is 0 Å². The van der Waals surface area contributed by atoms with E-state index in [0.29, 0.717) is 11.3 Å². The lowest BCUT2D eigenvalue weighted by Gasteiger charge is -2.55. The average Bonchev–Trinajstić information content (AvgIpc) is 2.34. The zero-order valence-electron chi connectivity index (χ0n) is 13.5. The van der Waals surface area contributed by atoms with Crippen molar-refractivity contribution in [1.29, 1.82) is 0 Å². The van der Waals surface area contributed by atoms with Gasteiger partial charge in [-0.25, -0.2) is 0 Å². The highest BCUT2D eigenvalue weighted by molar-refractivity contribution is 5.85. The first-order valence-corrected chi connectivity index (χ1v) is 7.68. The molecular weight excluding hydrogens is 248 g/mol. The summed E-state index contributed by atoms with van der Waals surface area (Å²) in [6, 6.07) is 0. The van der Waals surface area contributed by atoms with E-state index in [2.05, 4.69) is 31.9 Å². The van der Waals surface area contributed by atoms with Crippen LogP contribution in [0.3, 0.4) is 0 Å². The van der Waals surface area contributed by atoms with Gasteiger partial charge in [0.1, 0.15) is 6.29 Å². The first-order valence-electron chi connectivity index (χ1n) is 7.68. The van der Waals surface area contributed by atoms with E-state index in [1.54, 1.807) is 5.01 Å². The second kappa shape index (κ2) is 5.34. The topological polar surface area (TPSA) is 32.7 Å². The van der Waals surface area contributed by atoms with Crippen molar-refractivity contribution < 1.29 is 4.79 Å². The van der Waals surface area contributed by atoms with Crippen LogP contribution in [-0.4, -0.2) is 31.6 Å². The van der Waals surface area contributed by atoms with Gasteiger partial charge in [-0.3, -0.25) is 0 Å². The van der Waals surface area contributed by atoms with Gasteiger partial charge in [0.15, 0.2) is 0 Å². The summed E-state index contributed by atoms with van der Waals surface area (Å²) in [7, 11) is 3.81. The number of carbonyl (C=O) groups is 1. The minimum absolute atomic E-state index is 0.00970. The van der Waals surface area contributed by atoms with Gasteiger partial charge in [0, 0.05) is 20.0 Å². The summed E-state index contributed by atoms with van der Waals surface area (Å²) in [6.07, 6.45) is 9.99. The highest BCUT2D eigenvalue weighted by atomic mass is 16.1. The summed E-state index contributed by atoms with van der Waals surface area (Å²) in [5.41, 5.74) is 1.52. The first kappa shape index (κ1) is 15.3. The normalized spacial score (nSPS) is 36.4. The van der Waals surface area contributed by atoms with Crippen molar-refractivity contribution in [2.75, 3.05) is 14.1 Å². The molecule has 20 heavy (non-hydrogen) atoms. The zero-order valence-corrected chi connectivity index (χ0v) is 13.5. The molecule has 112 valence electrons. The molecule has 0 heterocycles. The average molecular weight is 276 g/mol. The third kappa shape index (κ3) is 2.55. The van der Waals surface area contributed by atoms with Crippen LogP contribution in [-0.2, 0) is 4.79 Å². The Kier molecular flexibility index (Phi) is 4.08. The maximum atomic E-state index is 11.8. The quantitative estimate of drug-likeness (QED) is 0.449. The third-order valence-electron chi connectivity index (χ3n) is 5.51. The molecule has 0 bridgehead atoms. The molecule has 0 spiro atoms. The Hall–Kier alpha value is -1.12. The van der Waals surface area contributed by atoms with Crippen LogP contribution in [0.4, 0.5) is 0 Å². The van der Waals surface area contributed by atoms with Crippen molar-refractivity contribution in [2.24, 2.45) is 27.8 Å². The Bertz CT molecular complexity index is 436. The van der Waals surface area contributed by atoms with Crippen LogP contribution in [0.5, 0.6) is 0 Å². The number of hydrogen-bond acceptors (Lipinski definition) is 3. The van der Waals surface area contributed by atoms with Crippen molar-refractivity contribution in [3.8, 4) is 0 Å². The van der Waals surface area contributed by atoms with Gasteiger partial charge in [0.2, 0.25) is 0 Å². The lowest BCUT2D eigenvalue weighted by molar-refractivity contribution is -0.119. The molecule has 1 fully saturated rings. The molecule has 0 amide bonds. The van der Waals surface area contributed by atoms with Gasteiger partial charge in [-0.15, -0.1) is 0 Å². The predicted octanol–water partition coefficient (Wildman–Crippen LogP) is 3.51. The van der Waals surface area contributed by atoms with E-state index < -0.39 is 0 Å². The summed E-state index contributed by atoms with van der Waals surface area (Å²) in [5, 5.41) is 6.11. The monoisotopic (exact) mass is 276 g/mol. The van der Waals surface area contributed by atoms with Crippen LogP contribution in [0.25, 0.3) is 0 Å². The van der Waals surface area contributed by atoms with Crippen LogP contribution in [0.2, 0.25) is 0 Å². The van der Waals surface area contributed by atoms with E-state index in [1.807, 2.05) is 20.3 Å². The standard InChI is InChI=1S/C17H28N2O/c1-16(2)9-6-10-17(3)14(12-20)13(7-8-15(16)17)11-18-19(4)5/h7,11-12,14-15H,6,8-10H2,1-5H3/b18-11+/t14?,15-,17+/m0/s1. The van der Waals surface area contributed by atoms with Crippen molar-refractivity contribution >= 4 is 12.5 Å². The van der Waals surface area contributed by atoms with Gasteiger partial charge in [-0.2, -0.15) is 5.10 Å². The Labute approximate surface area is 123 Å². The molecule has 2 rings (SSSR count). The first-order chi connectivity index (χ1) is 9.31. The molecule has 2 aliphatic carbocycles. The maximum Gasteiger partial charge on any atom is 0.128 e. The smallest absolute Gasteiger partial charge is 0.128 e. The summed E-state index contributed by atoms with van der Waals surface area (Å²) >= 11 is 0. The predicted molar refractivity (Wildman–Crippen MR) is 83.7 cm³/mol. The van der Waals surface area contributed by atoms with Gasteiger partial charge < -0.3 is 9.80 Å². The van der Waals surface area contributed by atoms with Crippen LogP contribution in [0.15, 0.2) is 16.8 Å². The molecule has 0 saturated heterocycles. The fraction of sp³-hybridized carbons (Fsp3) is 0.765. The molecule has 1 saturated carbocycles. The molecule has 0 aromatic carbocycles. The Morgan fingerprint density at radius 3 is 2.60 bits per heavy atom. The number of aldehydes is 1. The number of carbonyl (C=O) groups excluding carboxylic acids is 1. The largest absolute Gasteiger partial charge is 0.303 e. The van der Waals surface area contributed by atoms with Crippen LogP contribution >= 0.6 is 0 Å². The molecule has 0 aromatic heterocycles. The Balaban J connectivity index is 2.37. The summed E-state index contributed by atoms with van der Waals surface area (Å²) in [4.78, 5) is 11.8. The highest BCUT2D eigenvalue weighted by Crippen LogP contribution is 2.58. The van der Waals surface area contributed by atoms with Crippen LogP contribution < -0.4 is 0 Å². The zero-order chi connectivity index (χ0) is 15.0. The van der Waals surface area contributed by atoms with Crippen molar-refractivity contribution in [3.05, 3.63) is 11.6 Å². The highest BCUT2D eigenvalue weighted by Gasteiger charge is 2.52. The lowest BCUT2D eigenvalue weighted by Crippen LogP contribution is -2.49. The van der Waals surface area contributed by atoms with Crippen LogP contribution in [0.1, 0.15) is 46.5 Å². The van der Waals surface area contributed by atoms with Gasteiger partial charge in [-0.05, 0) is 41.6 Å². The third-order valence-corrected chi connectivity index (χ3v) is 5.51. The molecule has 3 heteroatoms. The minimum Gasteiger partial charge on any atom is -0.303 e. The van der Waals surface area contributed by atoms with Gasteiger partial charge in [0.05, 0.1) is 6.21 Å². The number of hydrazone groups is 1. The number of rotatable bonds is 3. The van der Waals surface area contributed by atoms with E-state index in [0.717, 1.165) is 24.7 Å². The molecular formula is C17H28N2O. The Morgan fingerprint density at radius 1 is 1.30 bits per heavy atom. The van der Waals surface area contributed by atoms with Gasteiger partial charge >= 0.3 is 0 Å². The molecule has 0 radical (unpaired) electrons. The van der Waals surface area contributed by atoms with Gasteiger partial charge in [0.25, 0.3) is 0 Å². The summed E-state index contributed by atoms with van der Waals surface area (Å²) in [6.45, 7) is 7.04. The molecule has 0 aromatic rings. The van der Waals surface area contributed by atoms with Crippen molar-refractivity contribution in [2.45, 2.75) is 46.5 Å². The minimum atomic E-state index is -0.00970. The maximum absolute atomic E-state index is 11.8. The van der Waals surface area contributed by atoms with Crippen molar-refractivity contribution in [1.82, 2.24) is 5.01 Å². The SMILES string of the molecule is CN(C)/N=C/C1=CC[C@H]2C(C)(C)CCC[C@]2(C)C1C=O. The lowest BCUT2D eigenvalue weighted by atomic mass is 9.49. The fourth-order valence-electron chi connectivity index (χ4n) is 4.44. The molecule has 3 atom stereocenters. The number of hydrogen-bond donors (Lipinski definition) is 0. The fourth-order valence-corrected chi connectivity index (χ4v) is 4.44. The van der Waals surface area contributed by atoms with E-state index in [9.17, 15) is 4.79 Å². The van der Waals surface area contributed by atoms with E-state index in [1.165, 1.54) is 12.8 Å². The molecule has 3 nitrogen and oxygen atoms in total. The number of fused-ring (bicyclic) bond motifs is 1. The van der Waals surface area contributed by atoms with Crippen LogP contribution in [0, 0.1) is 22.7 Å². The molecule has 1 unspecified atom stereocenters. The molecule has 0 aliphatic heterocycles. The Morgan fingerprint density at radius 2 is 2.00 bits per heavy atom. The van der Waals surface area contributed by atoms with E-state index in [-0.39, 0.29) is 11.3 Å².